The van der Waals surface area contributed by atoms with Crippen LogP contribution in [0.15, 0.2) is 18.5 Å². The highest BCUT2D eigenvalue weighted by molar-refractivity contribution is 5.81. The lowest BCUT2D eigenvalue weighted by atomic mass is 10.4. The first-order chi connectivity index (χ1) is 7.77. The fraction of sp³-hybridized carbons (Fsp3) is 0.545. The molecule has 5 nitrogen and oxygen atoms in total. The second-order valence-electron chi connectivity index (χ2n) is 3.99. The van der Waals surface area contributed by atoms with E-state index < -0.39 is 0 Å². The number of aromatic nitrogens is 2. The van der Waals surface area contributed by atoms with Crippen molar-refractivity contribution in [3.63, 3.8) is 0 Å². The monoisotopic (exact) mass is 220 g/mol. The van der Waals surface area contributed by atoms with E-state index in [9.17, 15) is 4.79 Å². The number of carbonyl (C=O) groups excluding carboxylic acids is 1. The smallest absolute Gasteiger partial charge is 0.242 e. The van der Waals surface area contributed by atoms with Crippen molar-refractivity contribution in [1.29, 1.82) is 0 Å². The van der Waals surface area contributed by atoms with Crippen LogP contribution in [-0.4, -0.2) is 47.5 Å². The third-order valence-electron chi connectivity index (χ3n) is 2.72. The molecule has 0 N–H and O–H groups in total. The summed E-state index contributed by atoms with van der Waals surface area (Å²) in [7, 11) is 1.84. The van der Waals surface area contributed by atoms with Gasteiger partial charge in [0.2, 0.25) is 11.9 Å². The van der Waals surface area contributed by atoms with Gasteiger partial charge < -0.3 is 9.80 Å². The van der Waals surface area contributed by atoms with Gasteiger partial charge in [0.1, 0.15) is 0 Å². The number of nitrogens with zero attached hydrogens (tertiary/aromatic N) is 4. The number of rotatable bonds is 3. The predicted molar refractivity (Wildman–Crippen MR) is 61.1 cm³/mol. The van der Waals surface area contributed by atoms with Crippen LogP contribution < -0.4 is 4.90 Å². The van der Waals surface area contributed by atoms with Crippen molar-refractivity contribution in [1.82, 2.24) is 14.9 Å². The van der Waals surface area contributed by atoms with Crippen molar-refractivity contribution in [2.75, 3.05) is 31.6 Å². The summed E-state index contributed by atoms with van der Waals surface area (Å²) in [5.74, 6) is 0.752. The molecule has 86 valence electrons. The molecule has 1 fully saturated rings. The van der Waals surface area contributed by atoms with E-state index in [4.69, 9.17) is 0 Å². The van der Waals surface area contributed by atoms with Crippen molar-refractivity contribution in [2.45, 2.75) is 12.8 Å². The number of amides is 1. The average molecular weight is 220 g/mol. The van der Waals surface area contributed by atoms with E-state index in [1.807, 2.05) is 11.9 Å². The Labute approximate surface area is 95.1 Å². The van der Waals surface area contributed by atoms with Gasteiger partial charge in [-0.2, -0.15) is 0 Å². The van der Waals surface area contributed by atoms with Crippen LogP contribution in [0.4, 0.5) is 5.95 Å². The van der Waals surface area contributed by atoms with Crippen molar-refractivity contribution in [3.8, 4) is 0 Å². The molecule has 1 aromatic heterocycles. The predicted octanol–water partition coefficient (Wildman–Crippen LogP) is 0.535. The highest BCUT2D eigenvalue weighted by Crippen LogP contribution is 2.09. The molecule has 1 aromatic rings. The van der Waals surface area contributed by atoms with Gasteiger partial charge in [0, 0.05) is 32.5 Å². The average Bonchev–Trinajstić information content (AvgIpc) is 2.83. The largest absolute Gasteiger partial charge is 0.341 e. The molecule has 2 rings (SSSR count). The minimum Gasteiger partial charge on any atom is -0.341 e. The van der Waals surface area contributed by atoms with Gasteiger partial charge in [-0.15, -0.1) is 0 Å². The zero-order chi connectivity index (χ0) is 11.4. The van der Waals surface area contributed by atoms with Crippen LogP contribution in [0.1, 0.15) is 12.8 Å². The maximum Gasteiger partial charge on any atom is 0.242 e. The van der Waals surface area contributed by atoms with Crippen LogP contribution in [0.3, 0.4) is 0 Å². The lowest BCUT2D eigenvalue weighted by molar-refractivity contribution is -0.128. The first-order valence-corrected chi connectivity index (χ1v) is 5.53. The second kappa shape index (κ2) is 4.92. The highest BCUT2D eigenvalue weighted by Gasteiger charge is 2.19. The summed E-state index contributed by atoms with van der Waals surface area (Å²) in [5, 5.41) is 0. The maximum atomic E-state index is 11.9. The molecule has 1 aliphatic rings. The molecule has 2 heterocycles. The molecule has 1 aliphatic heterocycles. The second-order valence-corrected chi connectivity index (χ2v) is 3.99. The van der Waals surface area contributed by atoms with Crippen molar-refractivity contribution in [3.05, 3.63) is 18.5 Å². The zero-order valence-corrected chi connectivity index (χ0v) is 9.46. The summed E-state index contributed by atoms with van der Waals surface area (Å²) in [6.07, 6.45) is 5.60. The number of likely N-dealkylation sites (N-methyl/N-ethyl adjacent to an activating group) is 1. The highest BCUT2D eigenvalue weighted by atomic mass is 16.2. The number of hydrogen-bond acceptors (Lipinski definition) is 4. The molecule has 0 spiro atoms. The van der Waals surface area contributed by atoms with E-state index >= 15 is 0 Å². The van der Waals surface area contributed by atoms with E-state index in [1.54, 1.807) is 23.4 Å². The van der Waals surface area contributed by atoms with E-state index in [1.165, 1.54) is 0 Å². The van der Waals surface area contributed by atoms with Crippen LogP contribution in [0.25, 0.3) is 0 Å². The molecule has 0 aromatic carbocycles. The molecule has 16 heavy (non-hydrogen) atoms. The topological polar surface area (TPSA) is 49.3 Å². The fourth-order valence-corrected chi connectivity index (χ4v) is 1.83. The lowest BCUT2D eigenvalue weighted by Gasteiger charge is -2.20. The molecule has 1 amide bonds. The van der Waals surface area contributed by atoms with Crippen LogP contribution in [-0.2, 0) is 4.79 Å². The normalized spacial score (nSPS) is 15.2. The van der Waals surface area contributed by atoms with Crippen LogP contribution in [0.5, 0.6) is 0 Å². The SMILES string of the molecule is CN(CC(=O)N1CCCC1)c1ncccn1. The number of likely N-dealkylation sites (tertiary alicyclic amines) is 1. The van der Waals surface area contributed by atoms with E-state index in [2.05, 4.69) is 9.97 Å². The summed E-state index contributed by atoms with van der Waals surface area (Å²) in [6, 6.07) is 1.76. The maximum absolute atomic E-state index is 11.9. The number of anilines is 1. The standard InChI is InChI=1S/C11H16N4O/c1-14(11-12-5-4-6-13-11)9-10(16)15-7-2-3-8-15/h4-6H,2-3,7-9H2,1H3. The van der Waals surface area contributed by atoms with Crippen molar-refractivity contribution >= 4 is 11.9 Å². The Morgan fingerprint density at radius 3 is 2.62 bits per heavy atom. The minimum atomic E-state index is 0.160. The van der Waals surface area contributed by atoms with Gasteiger partial charge in [0.25, 0.3) is 0 Å². The Morgan fingerprint density at radius 1 is 1.38 bits per heavy atom. The Balaban J connectivity index is 1.92. The van der Waals surface area contributed by atoms with Gasteiger partial charge in [-0.3, -0.25) is 4.79 Å². The Hall–Kier alpha value is -1.65. The van der Waals surface area contributed by atoms with Crippen LogP contribution in [0.2, 0.25) is 0 Å². The molecule has 0 atom stereocenters. The van der Waals surface area contributed by atoms with Crippen molar-refractivity contribution in [2.24, 2.45) is 0 Å². The quantitative estimate of drug-likeness (QED) is 0.746. The van der Waals surface area contributed by atoms with Gasteiger partial charge >= 0.3 is 0 Å². The first-order valence-electron chi connectivity index (χ1n) is 5.53. The number of carbonyl (C=O) groups is 1. The minimum absolute atomic E-state index is 0.160. The molecule has 0 bridgehead atoms. The molecular weight excluding hydrogens is 204 g/mol. The van der Waals surface area contributed by atoms with Gasteiger partial charge in [0.05, 0.1) is 6.54 Å². The van der Waals surface area contributed by atoms with Gasteiger partial charge in [-0.05, 0) is 18.9 Å². The molecule has 0 saturated carbocycles. The summed E-state index contributed by atoms with van der Waals surface area (Å²) in [5.41, 5.74) is 0. The Morgan fingerprint density at radius 2 is 2.00 bits per heavy atom. The number of hydrogen-bond donors (Lipinski definition) is 0. The zero-order valence-electron chi connectivity index (χ0n) is 9.46. The molecule has 1 saturated heterocycles. The van der Waals surface area contributed by atoms with E-state index in [-0.39, 0.29) is 5.91 Å². The van der Waals surface area contributed by atoms with Crippen LogP contribution >= 0.6 is 0 Å². The Bertz CT molecular complexity index is 348. The fourth-order valence-electron chi connectivity index (χ4n) is 1.83. The third-order valence-corrected chi connectivity index (χ3v) is 2.72. The molecule has 0 radical (unpaired) electrons. The molecular formula is C11H16N4O. The van der Waals surface area contributed by atoms with E-state index in [0.717, 1.165) is 25.9 Å². The van der Waals surface area contributed by atoms with E-state index in [0.29, 0.717) is 12.5 Å². The third kappa shape index (κ3) is 2.48. The summed E-state index contributed by atoms with van der Waals surface area (Å²) in [6.45, 7) is 2.13. The van der Waals surface area contributed by atoms with Gasteiger partial charge in [-0.25, -0.2) is 9.97 Å². The Kier molecular flexibility index (Phi) is 3.34. The van der Waals surface area contributed by atoms with Crippen LogP contribution in [0, 0.1) is 0 Å². The summed E-state index contributed by atoms with van der Waals surface area (Å²) >= 11 is 0. The first kappa shape index (κ1) is 10.9. The summed E-state index contributed by atoms with van der Waals surface area (Å²) < 4.78 is 0. The molecule has 0 aliphatic carbocycles. The molecule has 0 unspecified atom stereocenters. The molecule has 5 heteroatoms. The van der Waals surface area contributed by atoms with Gasteiger partial charge in [-0.1, -0.05) is 0 Å². The lowest BCUT2D eigenvalue weighted by Crippen LogP contribution is -2.37. The summed E-state index contributed by atoms with van der Waals surface area (Å²) in [4.78, 5) is 23.7. The van der Waals surface area contributed by atoms with Crippen molar-refractivity contribution < 1.29 is 4.79 Å². The van der Waals surface area contributed by atoms with Gasteiger partial charge in [0.15, 0.2) is 0 Å².